The van der Waals surface area contributed by atoms with Crippen molar-refractivity contribution in [1.82, 2.24) is 14.7 Å². The third-order valence-corrected chi connectivity index (χ3v) is 3.90. The molecule has 2 heterocycles. The molecule has 124 valence electrons. The second-order valence-corrected chi connectivity index (χ2v) is 6.13. The van der Waals surface area contributed by atoms with Crippen LogP contribution in [0.25, 0.3) is 11.4 Å². The van der Waals surface area contributed by atoms with Crippen LogP contribution in [0.5, 0.6) is 5.75 Å². The minimum absolute atomic E-state index is 0.0674. The number of nitrogens with zero attached hydrogens (tertiary/aromatic N) is 2. The van der Waals surface area contributed by atoms with Crippen LogP contribution in [0.4, 0.5) is 13.2 Å². The zero-order valence-electron chi connectivity index (χ0n) is 11.8. The average Bonchev–Trinajstić information content (AvgIpc) is 2.52. The summed E-state index contributed by atoms with van der Waals surface area (Å²) >= 11 is 0. The summed E-state index contributed by atoms with van der Waals surface area (Å²) in [6.07, 6.45) is 1.53. The van der Waals surface area contributed by atoms with E-state index in [1.165, 1.54) is 24.1 Å². The highest BCUT2D eigenvalue weighted by Crippen LogP contribution is 2.24. The molecule has 0 aliphatic rings. The zero-order chi connectivity index (χ0) is 17.1. The molecular weight excluding hydrogens is 335 g/mol. The topological polar surface area (TPSA) is 81.2 Å². The summed E-state index contributed by atoms with van der Waals surface area (Å²) in [5.74, 6) is 0.321. The van der Waals surface area contributed by atoms with E-state index in [0.717, 1.165) is 0 Å². The number of nitrogens with one attached hydrogen (secondary N) is 1. The number of pyridine rings is 2. The zero-order valence-corrected chi connectivity index (χ0v) is 12.6. The van der Waals surface area contributed by atoms with Crippen LogP contribution in [-0.4, -0.2) is 31.0 Å². The van der Waals surface area contributed by atoms with Crippen LogP contribution in [0.1, 0.15) is 5.69 Å². The molecule has 0 fully saturated rings. The Morgan fingerprint density at radius 3 is 2.52 bits per heavy atom. The van der Waals surface area contributed by atoms with Gasteiger partial charge in [-0.2, -0.15) is 13.2 Å². The first-order valence-electron chi connectivity index (χ1n) is 6.25. The molecule has 2 rings (SSSR count). The molecule has 2 aromatic rings. The van der Waals surface area contributed by atoms with Crippen LogP contribution in [0, 0.1) is 0 Å². The Morgan fingerprint density at radius 2 is 1.96 bits per heavy atom. The number of hydrogen-bond acceptors (Lipinski definition) is 5. The molecule has 0 aliphatic heterocycles. The van der Waals surface area contributed by atoms with Gasteiger partial charge < -0.3 is 4.74 Å². The molecule has 0 bridgehead atoms. The molecule has 0 spiro atoms. The second kappa shape index (κ2) is 6.50. The van der Waals surface area contributed by atoms with E-state index in [1.807, 2.05) is 0 Å². The number of methoxy groups -OCH3 is 1. The number of alkyl halides is 3. The van der Waals surface area contributed by atoms with E-state index in [1.54, 1.807) is 24.3 Å². The lowest BCUT2D eigenvalue weighted by molar-refractivity contribution is -0.0448. The first-order valence-corrected chi connectivity index (χ1v) is 7.73. The first kappa shape index (κ1) is 17.2. The summed E-state index contributed by atoms with van der Waals surface area (Å²) in [4.78, 5) is 8.18. The molecule has 23 heavy (non-hydrogen) atoms. The lowest BCUT2D eigenvalue weighted by Gasteiger charge is -2.11. The Balaban J connectivity index is 2.30. The molecule has 1 N–H and O–H groups in total. The molecule has 0 aromatic carbocycles. The summed E-state index contributed by atoms with van der Waals surface area (Å²) in [5.41, 5.74) is -4.48. The van der Waals surface area contributed by atoms with Gasteiger partial charge in [0.15, 0.2) is 0 Å². The van der Waals surface area contributed by atoms with Crippen molar-refractivity contribution in [2.45, 2.75) is 12.1 Å². The SMILES string of the molecule is COc1cc(CNS(=O)(=O)C(F)(F)F)nc(-c2ccccn2)c1. The van der Waals surface area contributed by atoms with Crippen molar-refractivity contribution >= 4 is 10.0 Å². The molecule has 10 heteroatoms. The molecule has 2 aromatic heterocycles. The molecule has 0 radical (unpaired) electrons. The quantitative estimate of drug-likeness (QED) is 0.896. The Labute approximate surface area is 130 Å². The van der Waals surface area contributed by atoms with E-state index < -0.39 is 22.1 Å². The predicted octanol–water partition coefficient (Wildman–Crippen LogP) is 2.09. The minimum Gasteiger partial charge on any atom is -0.497 e. The van der Waals surface area contributed by atoms with Gasteiger partial charge in [-0.15, -0.1) is 0 Å². The lowest BCUT2D eigenvalue weighted by atomic mass is 10.2. The molecule has 0 amide bonds. The summed E-state index contributed by atoms with van der Waals surface area (Å²) in [5, 5.41) is 0. The van der Waals surface area contributed by atoms with Crippen LogP contribution in [0.3, 0.4) is 0 Å². The molecular formula is C13H12F3N3O3S. The van der Waals surface area contributed by atoms with Gasteiger partial charge >= 0.3 is 15.5 Å². The number of sulfonamides is 1. The van der Waals surface area contributed by atoms with Gasteiger partial charge in [0.2, 0.25) is 0 Å². The monoisotopic (exact) mass is 347 g/mol. The van der Waals surface area contributed by atoms with E-state index in [-0.39, 0.29) is 5.69 Å². The van der Waals surface area contributed by atoms with Crippen molar-refractivity contribution in [3.63, 3.8) is 0 Å². The number of hydrogen-bond donors (Lipinski definition) is 1. The van der Waals surface area contributed by atoms with Gasteiger partial charge in [0.05, 0.1) is 30.7 Å². The molecule has 0 aliphatic carbocycles. The van der Waals surface area contributed by atoms with Crippen LogP contribution >= 0.6 is 0 Å². The van der Waals surface area contributed by atoms with Crippen LogP contribution < -0.4 is 9.46 Å². The third-order valence-electron chi connectivity index (χ3n) is 2.76. The maximum atomic E-state index is 12.3. The van der Waals surface area contributed by atoms with Crippen molar-refractivity contribution in [3.05, 3.63) is 42.2 Å². The Bertz CT molecular complexity index is 780. The van der Waals surface area contributed by atoms with Crippen molar-refractivity contribution in [3.8, 4) is 17.1 Å². The van der Waals surface area contributed by atoms with Gasteiger partial charge in [-0.25, -0.2) is 18.1 Å². The number of halogens is 3. The Kier molecular flexibility index (Phi) is 4.85. The van der Waals surface area contributed by atoms with Gasteiger partial charge in [-0.1, -0.05) is 6.07 Å². The summed E-state index contributed by atoms with van der Waals surface area (Å²) in [7, 11) is -4.06. The van der Waals surface area contributed by atoms with Crippen LogP contribution in [0.2, 0.25) is 0 Å². The Morgan fingerprint density at radius 1 is 1.22 bits per heavy atom. The molecule has 0 saturated carbocycles. The van der Waals surface area contributed by atoms with E-state index in [4.69, 9.17) is 4.74 Å². The van der Waals surface area contributed by atoms with Crippen molar-refractivity contribution in [1.29, 1.82) is 0 Å². The summed E-state index contributed by atoms with van der Waals surface area (Å²) in [6.45, 7) is -0.626. The lowest BCUT2D eigenvalue weighted by Crippen LogP contribution is -2.36. The van der Waals surface area contributed by atoms with Gasteiger partial charge in [0.1, 0.15) is 5.75 Å². The molecule has 0 atom stereocenters. The van der Waals surface area contributed by atoms with Crippen LogP contribution in [-0.2, 0) is 16.6 Å². The highest BCUT2D eigenvalue weighted by molar-refractivity contribution is 7.90. The van der Waals surface area contributed by atoms with E-state index in [9.17, 15) is 21.6 Å². The highest BCUT2D eigenvalue weighted by Gasteiger charge is 2.45. The van der Waals surface area contributed by atoms with E-state index in [2.05, 4.69) is 9.97 Å². The minimum atomic E-state index is -5.44. The molecule has 0 saturated heterocycles. The van der Waals surface area contributed by atoms with Gasteiger partial charge in [-0.3, -0.25) is 4.98 Å². The smallest absolute Gasteiger partial charge is 0.497 e. The molecule has 0 unspecified atom stereocenters. The van der Waals surface area contributed by atoms with Crippen LogP contribution in [0.15, 0.2) is 36.5 Å². The van der Waals surface area contributed by atoms with Gasteiger partial charge in [-0.05, 0) is 12.1 Å². The Hall–Kier alpha value is -2.20. The molecule has 6 nitrogen and oxygen atoms in total. The standard InChI is InChI=1S/C13H12F3N3O3S/c1-22-10-6-9(8-18-23(20,21)13(14,15)16)19-12(7-10)11-4-2-3-5-17-11/h2-7,18H,8H2,1H3. The number of aromatic nitrogens is 2. The summed E-state index contributed by atoms with van der Waals surface area (Å²) in [6, 6.07) is 7.96. The number of ether oxygens (including phenoxy) is 1. The van der Waals surface area contributed by atoms with Gasteiger partial charge in [0, 0.05) is 18.3 Å². The summed E-state index contributed by atoms with van der Waals surface area (Å²) < 4.78 is 65.5. The maximum Gasteiger partial charge on any atom is 0.511 e. The van der Waals surface area contributed by atoms with E-state index >= 15 is 0 Å². The maximum absolute atomic E-state index is 12.3. The fraction of sp³-hybridized carbons (Fsp3) is 0.231. The van der Waals surface area contributed by atoms with Crippen molar-refractivity contribution in [2.24, 2.45) is 0 Å². The van der Waals surface area contributed by atoms with Crippen molar-refractivity contribution in [2.75, 3.05) is 7.11 Å². The number of rotatable bonds is 5. The first-order chi connectivity index (χ1) is 10.7. The fourth-order valence-electron chi connectivity index (χ4n) is 1.66. The van der Waals surface area contributed by atoms with Gasteiger partial charge in [0.25, 0.3) is 0 Å². The average molecular weight is 347 g/mol. The third kappa shape index (κ3) is 4.17. The fourth-order valence-corrected chi connectivity index (χ4v) is 2.17. The predicted molar refractivity (Wildman–Crippen MR) is 75.8 cm³/mol. The largest absolute Gasteiger partial charge is 0.511 e. The second-order valence-electron chi connectivity index (χ2n) is 4.37. The van der Waals surface area contributed by atoms with Crippen molar-refractivity contribution < 1.29 is 26.3 Å². The highest BCUT2D eigenvalue weighted by atomic mass is 32.2. The normalized spacial score (nSPS) is 12.2. The van der Waals surface area contributed by atoms with E-state index in [0.29, 0.717) is 17.1 Å².